The predicted molar refractivity (Wildman–Crippen MR) is 82.6 cm³/mol. The summed E-state index contributed by atoms with van der Waals surface area (Å²) >= 11 is 11.6. The summed E-state index contributed by atoms with van der Waals surface area (Å²) in [5, 5.41) is -0.307. The summed E-state index contributed by atoms with van der Waals surface area (Å²) in [6.07, 6.45) is -1.46. The maximum atomic E-state index is 12.2. The van der Waals surface area contributed by atoms with Crippen LogP contribution in [-0.4, -0.2) is 28.0 Å². The molecule has 1 rings (SSSR count). The Balaban J connectivity index is 2.94. The molecule has 1 aromatic carbocycles. The van der Waals surface area contributed by atoms with Crippen molar-refractivity contribution in [3.63, 3.8) is 0 Å². The summed E-state index contributed by atoms with van der Waals surface area (Å²) < 4.78 is 50.2. The van der Waals surface area contributed by atoms with E-state index in [1.807, 2.05) is 0 Å². The number of benzene rings is 1. The zero-order valence-electron chi connectivity index (χ0n) is 12.4. The van der Waals surface area contributed by atoms with Gasteiger partial charge in [0.1, 0.15) is 4.90 Å². The third-order valence-corrected chi connectivity index (χ3v) is 5.60. The molecule has 0 saturated carbocycles. The minimum Gasteiger partial charge on any atom is -0.253 e. The van der Waals surface area contributed by atoms with Crippen molar-refractivity contribution in [1.29, 1.82) is 0 Å². The van der Waals surface area contributed by atoms with Crippen LogP contribution < -0.4 is 0 Å². The van der Waals surface area contributed by atoms with Gasteiger partial charge < -0.3 is 0 Å². The van der Waals surface area contributed by atoms with Crippen molar-refractivity contribution < 1.29 is 36.3 Å². The van der Waals surface area contributed by atoms with Crippen LogP contribution in [0.5, 0.6) is 0 Å². The Bertz CT molecular complexity index is 658. The molecule has 1 unspecified atom stereocenters. The lowest BCUT2D eigenvalue weighted by molar-refractivity contribution is -0.274. The standard InChI is InChI=1S/C11H15Cl2O8PS/c1-8(2)19-21-22(14,20-17-3)7-18-23(15,16)11-9(12)5-4-6-10(11)13/h4-6,8H,7H2,1-3H3. The summed E-state index contributed by atoms with van der Waals surface area (Å²) in [4.78, 5) is 8.48. The minimum atomic E-state index is -4.42. The van der Waals surface area contributed by atoms with Gasteiger partial charge in [0.15, 0.2) is 6.35 Å². The first-order chi connectivity index (χ1) is 10.6. The molecule has 0 radical (unpaired) electrons. The van der Waals surface area contributed by atoms with E-state index < -0.39 is 35.1 Å². The van der Waals surface area contributed by atoms with Crippen LogP contribution in [0.1, 0.15) is 13.8 Å². The molecule has 0 saturated heterocycles. The quantitative estimate of drug-likeness (QED) is 0.263. The van der Waals surface area contributed by atoms with E-state index in [0.29, 0.717) is 0 Å². The van der Waals surface area contributed by atoms with E-state index in [1.54, 1.807) is 13.8 Å². The second-order valence-corrected chi connectivity index (χ2v) is 8.47. The van der Waals surface area contributed by atoms with E-state index in [2.05, 4.69) is 23.3 Å². The van der Waals surface area contributed by atoms with E-state index in [9.17, 15) is 13.0 Å². The molecule has 0 aromatic heterocycles. The van der Waals surface area contributed by atoms with Gasteiger partial charge in [0.25, 0.3) is 0 Å². The second-order valence-electron chi connectivity index (χ2n) is 4.32. The van der Waals surface area contributed by atoms with Crippen LogP contribution in [0.2, 0.25) is 10.0 Å². The predicted octanol–water partition coefficient (Wildman–Crippen LogP) is 3.78. The Kier molecular flexibility index (Phi) is 7.92. The van der Waals surface area contributed by atoms with Crippen LogP contribution in [0.15, 0.2) is 23.1 Å². The number of halogens is 2. The Labute approximate surface area is 144 Å². The van der Waals surface area contributed by atoms with Crippen LogP contribution in [0, 0.1) is 0 Å². The smallest absolute Gasteiger partial charge is 0.253 e. The highest BCUT2D eigenvalue weighted by atomic mass is 35.5. The van der Waals surface area contributed by atoms with Gasteiger partial charge in [0, 0.05) is 0 Å². The molecule has 12 heteroatoms. The zero-order valence-corrected chi connectivity index (χ0v) is 15.6. The van der Waals surface area contributed by atoms with E-state index in [-0.39, 0.29) is 10.0 Å². The van der Waals surface area contributed by atoms with E-state index in [1.165, 1.54) is 18.2 Å². The molecule has 0 fully saturated rings. The van der Waals surface area contributed by atoms with Crippen LogP contribution in [0.3, 0.4) is 0 Å². The lowest BCUT2D eigenvalue weighted by Gasteiger charge is -2.16. The number of rotatable bonds is 9. The van der Waals surface area contributed by atoms with Gasteiger partial charge in [-0.25, -0.2) is 9.78 Å². The monoisotopic (exact) mass is 408 g/mol. The molecular weight excluding hydrogens is 394 g/mol. The first-order valence-corrected chi connectivity index (χ1v) is 10.0. The Hall–Kier alpha value is -0.220. The van der Waals surface area contributed by atoms with Crippen molar-refractivity contribution in [3.8, 4) is 0 Å². The molecule has 8 nitrogen and oxygen atoms in total. The molecule has 0 amide bonds. The Morgan fingerprint density at radius 2 is 1.74 bits per heavy atom. The van der Waals surface area contributed by atoms with Gasteiger partial charge in [0.05, 0.1) is 23.3 Å². The molecule has 0 bridgehead atoms. The third kappa shape index (κ3) is 6.30. The van der Waals surface area contributed by atoms with E-state index >= 15 is 0 Å². The Morgan fingerprint density at radius 1 is 1.17 bits per heavy atom. The van der Waals surface area contributed by atoms with Crippen LogP contribution >= 0.6 is 30.8 Å². The molecule has 23 heavy (non-hydrogen) atoms. The molecule has 0 spiro atoms. The molecule has 0 aliphatic rings. The highest BCUT2D eigenvalue weighted by Crippen LogP contribution is 2.49. The first-order valence-electron chi connectivity index (χ1n) is 6.11. The van der Waals surface area contributed by atoms with Gasteiger partial charge in [-0.15, -0.1) is 9.35 Å². The first kappa shape index (κ1) is 20.8. The van der Waals surface area contributed by atoms with Crippen molar-refractivity contribution in [1.82, 2.24) is 0 Å². The fourth-order valence-electron chi connectivity index (χ4n) is 1.23. The fraction of sp³-hybridized carbons (Fsp3) is 0.455. The molecule has 1 aromatic rings. The average molecular weight is 409 g/mol. The lowest BCUT2D eigenvalue weighted by Crippen LogP contribution is -2.13. The van der Waals surface area contributed by atoms with Gasteiger partial charge in [-0.3, -0.25) is 8.75 Å². The van der Waals surface area contributed by atoms with Gasteiger partial charge >= 0.3 is 17.7 Å². The van der Waals surface area contributed by atoms with Crippen molar-refractivity contribution in [2.24, 2.45) is 0 Å². The number of hydrogen-bond acceptors (Lipinski definition) is 8. The van der Waals surface area contributed by atoms with Gasteiger partial charge in [0.2, 0.25) is 0 Å². The SMILES string of the molecule is COOP(=O)(COS(=O)(=O)c1c(Cl)cccc1Cl)OOC(C)C. The zero-order chi connectivity index (χ0) is 17.7. The molecular formula is C11H15Cl2O8PS. The maximum absolute atomic E-state index is 12.2. The van der Waals surface area contributed by atoms with Crippen LogP contribution in [0.4, 0.5) is 0 Å². The summed E-state index contributed by atoms with van der Waals surface area (Å²) in [7, 11) is -7.51. The van der Waals surface area contributed by atoms with E-state index in [4.69, 9.17) is 23.2 Å². The lowest BCUT2D eigenvalue weighted by atomic mass is 10.4. The van der Waals surface area contributed by atoms with Crippen molar-refractivity contribution in [2.75, 3.05) is 13.5 Å². The van der Waals surface area contributed by atoms with Crippen molar-refractivity contribution >= 4 is 40.9 Å². The van der Waals surface area contributed by atoms with Crippen LogP contribution in [0.25, 0.3) is 0 Å². The second kappa shape index (κ2) is 8.75. The van der Waals surface area contributed by atoms with Gasteiger partial charge in [-0.2, -0.15) is 8.42 Å². The topological polar surface area (TPSA) is 97.4 Å². The fourth-order valence-corrected chi connectivity index (χ4v) is 4.64. The largest absolute Gasteiger partial charge is 0.411 e. The normalized spacial score (nSPS) is 14.9. The van der Waals surface area contributed by atoms with Gasteiger partial charge in [-0.05, 0) is 26.0 Å². The van der Waals surface area contributed by atoms with E-state index in [0.717, 1.165) is 7.11 Å². The minimum absolute atomic E-state index is 0.153. The average Bonchev–Trinajstić information content (AvgIpc) is 2.43. The molecule has 0 heterocycles. The molecule has 132 valence electrons. The highest BCUT2D eigenvalue weighted by Gasteiger charge is 2.33. The van der Waals surface area contributed by atoms with Crippen molar-refractivity contribution in [3.05, 3.63) is 28.2 Å². The maximum Gasteiger partial charge on any atom is 0.411 e. The third-order valence-electron chi connectivity index (χ3n) is 2.07. The summed E-state index contributed by atoms with van der Waals surface area (Å²) in [6, 6.07) is 4.09. The molecule has 0 aliphatic carbocycles. The summed E-state index contributed by atoms with van der Waals surface area (Å²) in [5.74, 6) is 0. The molecule has 0 N–H and O–H groups in total. The molecule has 1 atom stereocenters. The Morgan fingerprint density at radius 3 is 2.22 bits per heavy atom. The molecule has 0 aliphatic heterocycles. The van der Waals surface area contributed by atoms with Gasteiger partial charge in [-0.1, -0.05) is 29.3 Å². The summed E-state index contributed by atoms with van der Waals surface area (Å²) in [5.41, 5.74) is 0. The van der Waals surface area contributed by atoms with Crippen molar-refractivity contribution in [2.45, 2.75) is 24.8 Å². The van der Waals surface area contributed by atoms with Crippen LogP contribution in [-0.2, 0) is 38.0 Å². The summed E-state index contributed by atoms with van der Waals surface area (Å²) in [6.45, 7) is 3.19. The number of hydrogen-bond donors (Lipinski definition) is 0. The highest BCUT2D eigenvalue weighted by molar-refractivity contribution is 7.87.